The molecule has 1 aliphatic carbocycles. The minimum atomic E-state index is -0.698. The highest BCUT2D eigenvalue weighted by Gasteiger charge is 2.29. The molecule has 1 amide bonds. The Morgan fingerprint density at radius 3 is 2.33 bits per heavy atom. The van der Waals surface area contributed by atoms with Crippen molar-refractivity contribution in [2.75, 3.05) is 6.54 Å². The Balaban J connectivity index is 1.85. The van der Waals surface area contributed by atoms with Gasteiger partial charge in [-0.2, -0.15) is 0 Å². The highest BCUT2D eigenvalue weighted by atomic mass is 16.6. The first-order valence-electron chi connectivity index (χ1n) is 8.67. The number of amides is 1. The van der Waals surface area contributed by atoms with Crippen LogP contribution in [0.15, 0.2) is 30.3 Å². The number of carboxylic acids is 1. The summed E-state index contributed by atoms with van der Waals surface area (Å²) in [5, 5.41) is 9.08. The molecule has 1 aliphatic rings. The number of aliphatic carboxylic acids is 1. The van der Waals surface area contributed by atoms with E-state index in [-0.39, 0.29) is 24.7 Å². The third kappa shape index (κ3) is 5.25. The molecule has 0 unspecified atom stereocenters. The highest BCUT2D eigenvalue weighted by Crippen LogP contribution is 2.30. The molecule has 0 saturated heterocycles. The van der Waals surface area contributed by atoms with Crippen LogP contribution in [-0.4, -0.2) is 34.7 Å². The first-order valence-corrected chi connectivity index (χ1v) is 8.67. The van der Waals surface area contributed by atoms with Gasteiger partial charge in [0.15, 0.2) is 0 Å². The second kappa shape index (κ2) is 8.71. The maximum atomic E-state index is 12.4. The lowest BCUT2D eigenvalue weighted by molar-refractivity contribution is -0.143. The number of carbonyl (C=O) groups is 2. The Kier molecular flexibility index (Phi) is 6.64. The van der Waals surface area contributed by atoms with Crippen molar-refractivity contribution < 1.29 is 19.4 Å². The van der Waals surface area contributed by atoms with E-state index < -0.39 is 5.97 Å². The molecular formula is C19H27NO4. The molecule has 0 spiro atoms. The molecule has 5 heteroatoms. The summed E-state index contributed by atoms with van der Waals surface area (Å²) in [4.78, 5) is 25.2. The van der Waals surface area contributed by atoms with Gasteiger partial charge in [0.05, 0.1) is 5.92 Å². The Bertz CT molecular complexity index is 536. The van der Waals surface area contributed by atoms with Crippen molar-refractivity contribution in [3.8, 4) is 0 Å². The molecule has 0 bridgehead atoms. The van der Waals surface area contributed by atoms with Crippen molar-refractivity contribution in [1.82, 2.24) is 4.90 Å². The van der Waals surface area contributed by atoms with Gasteiger partial charge in [-0.15, -0.1) is 0 Å². The number of rotatable bonds is 6. The Hall–Kier alpha value is -2.04. The first kappa shape index (κ1) is 18.3. The van der Waals surface area contributed by atoms with Gasteiger partial charge >= 0.3 is 12.1 Å². The predicted octanol–water partition coefficient (Wildman–Crippen LogP) is 3.92. The second-order valence-electron chi connectivity index (χ2n) is 6.84. The monoisotopic (exact) mass is 333 g/mol. The number of ether oxygens (including phenoxy) is 1. The molecule has 0 heterocycles. The first-order chi connectivity index (χ1) is 11.5. The molecule has 132 valence electrons. The van der Waals surface area contributed by atoms with E-state index in [0.717, 1.165) is 18.4 Å². The van der Waals surface area contributed by atoms with E-state index in [1.807, 2.05) is 44.2 Å². The largest absolute Gasteiger partial charge is 0.481 e. The van der Waals surface area contributed by atoms with E-state index in [2.05, 4.69) is 0 Å². The maximum absolute atomic E-state index is 12.4. The summed E-state index contributed by atoms with van der Waals surface area (Å²) in [6, 6.07) is 9.69. The summed E-state index contributed by atoms with van der Waals surface area (Å²) < 4.78 is 5.45. The number of hydrogen-bond donors (Lipinski definition) is 1. The average molecular weight is 333 g/mol. The quantitative estimate of drug-likeness (QED) is 0.856. The van der Waals surface area contributed by atoms with E-state index in [9.17, 15) is 9.59 Å². The average Bonchev–Trinajstić information content (AvgIpc) is 2.58. The van der Waals surface area contributed by atoms with Gasteiger partial charge in [0.25, 0.3) is 0 Å². The Labute approximate surface area is 143 Å². The van der Waals surface area contributed by atoms with Gasteiger partial charge in [0, 0.05) is 12.6 Å². The molecule has 1 aromatic carbocycles. The van der Waals surface area contributed by atoms with Crippen LogP contribution in [0.3, 0.4) is 0 Å². The van der Waals surface area contributed by atoms with Gasteiger partial charge in [0.1, 0.15) is 6.61 Å². The number of carboxylic acid groups (broad SMARTS) is 1. The molecule has 1 fully saturated rings. The fourth-order valence-electron chi connectivity index (χ4n) is 3.17. The molecule has 5 nitrogen and oxygen atoms in total. The lowest BCUT2D eigenvalue weighted by atomic mass is 9.82. The zero-order valence-electron chi connectivity index (χ0n) is 14.5. The van der Waals surface area contributed by atoms with Crippen LogP contribution in [0.4, 0.5) is 4.79 Å². The Morgan fingerprint density at radius 1 is 1.17 bits per heavy atom. The molecule has 1 aromatic rings. The zero-order valence-corrected chi connectivity index (χ0v) is 14.5. The molecule has 0 radical (unpaired) electrons. The summed E-state index contributed by atoms with van der Waals surface area (Å²) in [6.45, 7) is 4.87. The van der Waals surface area contributed by atoms with Gasteiger partial charge < -0.3 is 14.7 Å². The molecule has 24 heavy (non-hydrogen) atoms. The van der Waals surface area contributed by atoms with Gasteiger partial charge in [-0.1, -0.05) is 30.3 Å². The van der Waals surface area contributed by atoms with E-state index in [1.165, 1.54) is 0 Å². The van der Waals surface area contributed by atoms with Crippen LogP contribution in [0.5, 0.6) is 0 Å². The molecule has 1 N–H and O–H groups in total. The fourth-order valence-corrected chi connectivity index (χ4v) is 3.17. The highest BCUT2D eigenvalue weighted by molar-refractivity contribution is 5.70. The zero-order chi connectivity index (χ0) is 17.5. The Morgan fingerprint density at radius 2 is 1.79 bits per heavy atom. The van der Waals surface area contributed by atoms with E-state index >= 15 is 0 Å². The third-order valence-corrected chi connectivity index (χ3v) is 4.71. The van der Waals surface area contributed by atoms with Crippen molar-refractivity contribution in [3.63, 3.8) is 0 Å². The van der Waals surface area contributed by atoms with Crippen LogP contribution in [0.2, 0.25) is 0 Å². The summed E-state index contributed by atoms with van der Waals surface area (Å²) in [5.41, 5.74) is 0.969. The van der Waals surface area contributed by atoms with Crippen LogP contribution in [0.25, 0.3) is 0 Å². The van der Waals surface area contributed by atoms with E-state index in [4.69, 9.17) is 9.84 Å². The van der Waals surface area contributed by atoms with E-state index in [1.54, 1.807) is 4.90 Å². The van der Waals surface area contributed by atoms with E-state index in [0.29, 0.717) is 25.3 Å². The number of carbonyl (C=O) groups excluding carboxylic acids is 1. The van der Waals surface area contributed by atoms with Crippen molar-refractivity contribution in [2.24, 2.45) is 11.8 Å². The lowest BCUT2D eigenvalue weighted by Gasteiger charge is -2.33. The van der Waals surface area contributed by atoms with Gasteiger partial charge in [-0.3, -0.25) is 4.79 Å². The van der Waals surface area contributed by atoms with Gasteiger partial charge in [-0.25, -0.2) is 4.79 Å². The summed E-state index contributed by atoms with van der Waals surface area (Å²) in [7, 11) is 0. The van der Waals surface area contributed by atoms with Crippen LogP contribution < -0.4 is 0 Å². The van der Waals surface area contributed by atoms with Gasteiger partial charge in [0.2, 0.25) is 0 Å². The minimum absolute atomic E-state index is 0.0606. The SMILES string of the molecule is CC(C)N(CC1CCC(C(=O)O)CC1)C(=O)OCc1ccccc1. The number of hydrogen-bond acceptors (Lipinski definition) is 3. The lowest BCUT2D eigenvalue weighted by Crippen LogP contribution is -2.41. The molecule has 0 aromatic heterocycles. The van der Waals surface area contributed by atoms with Crippen molar-refractivity contribution in [1.29, 1.82) is 0 Å². The molecular weight excluding hydrogens is 306 g/mol. The van der Waals surface area contributed by atoms with Crippen LogP contribution in [0.1, 0.15) is 45.1 Å². The minimum Gasteiger partial charge on any atom is -0.481 e. The molecule has 2 rings (SSSR count). The van der Waals surface area contributed by atoms with Crippen LogP contribution >= 0.6 is 0 Å². The van der Waals surface area contributed by atoms with Gasteiger partial charge in [-0.05, 0) is 51.0 Å². The normalized spacial score (nSPS) is 20.6. The summed E-state index contributed by atoms with van der Waals surface area (Å²) >= 11 is 0. The molecule has 1 saturated carbocycles. The molecule has 0 atom stereocenters. The maximum Gasteiger partial charge on any atom is 0.410 e. The molecule has 0 aliphatic heterocycles. The fraction of sp³-hybridized carbons (Fsp3) is 0.579. The van der Waals surface area contributed by atoms with Crippen LogP contribution in [0, 0.1) is 11.8 Å². The van der Waals surface area contributed by atoms with Crippen LogP contribution in [-0.2, 0) is 16.1 Å². The second-order valence-corrected chi connectivity index (χ2v) is 6.84. The van der Waals surface area contributed by atoms with Crippen molar-refractivity contribution in [3.05, 3.63) is 35.9 Å². The predicted molar refractivity (Wildman–Crippen MR) is 91.6 cm³/mol. The standard InChI is InChI=1S/C19H27NO4/c1-14(2)20(12-15-8-10-17(11-9-15)18(21)22)19(23)24-13-16-6-4-3-5-7-16/h3-7,14-15,17H,8-13H2,1-2H3,(H,21,22). The number of benzene rings is 1. The summed E-state index contributed by atoms with van der Waals surface area (Å²) in [5.74, 6) is -0.567. The third-order valence-electron chi connectivity index (χ3n) is 4.71. The number of nitrogens with zero attached hydrogens (tertiary/aromatic N) is 1. The van der Waals surface area contributed by atoms with Crippen molar-refractivity contribution >= 4 is 12.1 Å². The smallest absolute Gasteiger partial charge is 0.410 e. The topological polar surface area (TPSA) is 66.8 Å². The summed E-state index contributed by atoms with van der Waals surface area (Å²) in [6.07, 6.45) is 2.81. The van der Waals surface area contributed by atoms with Crippen molar-refractivity contribution in [2.45, 2.75) is 52.2 Å².